The largest absolute Gasteiger partial charge is 0.497 e. The van der Waals surface area contributed by atoms with Crippen LogP contribution in [0.1, 0.15) is 29.0 Å². The van der Waals surface area contributed by atoms with Crippen LogP contribution in [0.4, 0.5) is 0 Å². The van der Waals surface area contributed by atoms with Crippen LogP contribution in [0.5, 0.6) is 5.75 Å². The highest BCUT2D eigenvalue weighted by molar-refractivity contribution is 5.99. The minimum Gasteiger partial charge on any atom is -0.497 e. The minimum atomic E-state index is -0.234. The fourth-order valence-corrected chi connectivity index (χ4v) is 2.46. The lowest BCUT2D eigenvalue weighted by Gasteiger charge is -2.11. The van der Waals surface area contributed by atoms with Crippen molar-refractivity contribution in [3.05, 3.63) is 29.5 Å². The zero-order valence-corrected chi connectivity index (χ0v) is 12.2. The van der Waals surface area contributed by atoms with Gasteiger partial charge in [0.2, 0.25) is 0 Å². The maximum Gasteiger partial charge on any atom is 0.287 e. The van der Waals surface area contributed by atoms with Gasteiger partial charge in [0.05, 0.1) is 13.7 Å². The van der Waals surface area contributed by atoms with E-state index in [0.717, 1.165) is 29.5 Å². The number of hydrogen-bond donors (Lipinski definition) is 2. The topological polar surface area (TPSA) is 71.7 Å². The molecule has 1 aliphatic rings. The van der Waals surface area contributed by atoms with Crippen LogP contribution in [-0.2, 0) is 0 Å². The Morgan fingerprint density at radius 1 is 1.48 bits per heavy atom. The van der Waals surface area contributed by atoms with Gasteiger partial charge in [0.15, 0.2) is 5.76 Å². The number of hydrogen-bond acceptors (Lipinski definition) is 4. The summed E-state index contributed by atoms with van der Waals surface area (Å²) in [6.45, 7) is 2.46. The summed E-state index contributed by atoms with van der Waals surface area (Å²) in [5.74, 6) is 0.824. The van der Waals surface area contributed by atoms with Crippen molar-refractivity contribution in [1.82, 2.24) is 5.32 Å². The summed E-state index contributed by atoms with van der Waals surface area (Å²) in [4.78, 5) is 12.3. The minimum absolute atomic E-state index is 0.112. The summed E-state index contributed by atoms with van der Waals surface area (Å²) < 4.78 is 10.8. The van der Waals surface area contributed by atoms with Crippen molar-refractivity contribution in [1.29, 1.82) is 0 Å². The van der Waals surface area contributed by atoms with Gasteiger partial charge in [0, 0.05) is 22.9 Å². The van der Waals surface area contributed by atoms with E-state index in [1.807, 2.05) is 13.0 Å². The molecule has 21 heavy (non-hydrogen) atoms. The first-order valence-electron chi connectivity index (χ1n) is 7.05. The number of furan rings is 1. The van der Waals surface area contributed by atoms with Crippen LogP contribution in [-0.4, -0.2) is 31.3 Å². The quantitative estimate of drug-likeness (QED) is 0.885. The van der Waals surface area contributed by atoms with E-state index in [1.165, 1.54) is 0 Å². The molecule has 0 aliphatic heterocycles. The second-order valence-electron chi connectivity index (χ2n) is 5.76. The van der Waals surface area contributed by atoms with E-state index in [0.29, 0.717) is 17.9 Å². The molecule has 3 rings (SSSR count). The van der Waals surface area contributed by atoms with Gasteiger partial charge in [-0.2, -0.15) is 0 Å². The van der Waals surface area contributed by atoms with Crippen molar-refractivity contribution in [2.24, 2.45) is 5.41 Å². The number of aryl methyl sites for hydroxylation is 1. The Bertz CT molecular complexity index is 685. The molecular formula is C16H19NO4. The molecule has 5 nitrogen and oxygen atoms in total. The van der Waals surface area contributed by atoms with E-state index in [-0.39, 0.29) is 17.9 Å². The van der Waals surface area contributed by atoms with Gasteiger partial charge in [0.25, 0.3) is 5.91 Å². The van der Waals surface area contributed by atoms with Gasteiger partial charge in [-0.05, 0) is 38.0 Å². The lowest BCUT2D eigenvalue weighted by molar-refractivity contribution is 0.0909. The number of ether oxygens (including phenoxy) is 1. The van der Waals surface area contributed by atoms with Gasteiger partial charge in [-0.15, -0.1) is 0 Å². The normalized spacial score (nSPS) is 16.0. The number of aliphatic hydroxyl groups is 1. The summed E-state index contributed by atoms with van der Waals surface area (Å²) in [7, 11) is 1.61. The summed E-state index contributed by atoms with van der Waals surface area (Å²) in [5, 5.41) is 13.0. The first-order valence-corrected chi connectivity index (χ1v) is 7.05. The van der Waals surface area contributed by atoms with Gasteiger partial charge in [-0.1, -0.05) is 0 Å². The molecule has 0 bridgehead atoms. The Labute approximate surface area is 122 Å². The zero-order valence-electron chi connectivity index (χ0n) is 12.2. The number of methoxy groups -OCH3 is 1. The van der Waals surface area contributed by atoms with Gasteiger partial charge < -0.3 is 19.6 Å². The van der Waals surface area contributed by atoms with E-state index in [9.17, 15) is 9.90 Å². The number of rotatable bonds is 5. The second kappa shape index (κ2) is 5.07. The fraction of sp³-hybridized carbons (Fsp3) is 0.438. The van der Waals surface area contributed by atoms with Crippen molar-refractivity contribution in [3.63, 3.8) is 0 Å². The highest BCUT2D eigenvalue weighted by atomic mass is 16.5. The highest BCUT2D eigenvalue weighted by Gasteiger charge is 2.42. The van der Waals surface area contributed by atoms with Gasteiger partial charge in [-0.3, -0.25) is 4.79 Å². The van der Waals surface area contributed by atoms with Gasteiger partial charge in [0.1, 0.15) is 11.3 Å². The van der Waals surface area contributed by atoms with Gasteiger partial charge in [-0.25, -0.2) is 0 Å². The smallest absolute Gasteiger partial charge is 0.287 e. The molecule has 1 saturated carbocycles. The van der Waals surface area contributed by atoms with Crippen molar-refractivity contribution in [3.8, 4) is 5.75 Å². The third-order valence-corrected chi connectivity index (χ3v) is 4.27. The summed E-state index contributed by atoms with van der Waals surface area (Å²) >= 11 is 0. The molecule has 112 valence electrons. The molecule has 0 unspecified atom stereocenters. The lowest BCUT2D eigenvalue weighted by Crippen LogP contribution is -2.31. The van der Waals surface area contributed by atoms with Gasteiger partial charge >= 0.3 is 0 Å². The Hall–Kier alpha value is -2.01. The van der Waals surface area contributed by atoms with Crippen LogP contribution in [0.2, 0.25) is 0 Å². The van der Waals surface area contributed by atoms with Crippen LogP contribution >= 0.6 is 0 Å². The van der Waals surface area contributed by atoms with E-state index in [2.05, 4.69) is 5.32 Å². The summed E-state index contributed by atoms with van der Waals surface area (Å²) in [6, 6.07) is 5.47. The third-order valence-electron chi connectivity index (χ3n) is 4.27. The Balaban J connectivity index is 1.82. The first kappa shape index (κ1) is 13.9. The number of carbonyl (C=O) groups is 1. The molecule has 2 N–H and O–H groups in total. The predicted molar refractivity (Wildman–Crippen MR) is 78.6 cm³/mol. The average molecular weight is 289 g/mol. The van der Waals surface area contributed by atoms with Crippen LogP contribution in [0, 0.1) is 12.3 Å². The molecule has 0 atom stereocenters. The standard InChI is InChI=1S/C16H19NO4/c1-10-12-7-11(20-2)3-4-13(12)21-14(10)15(19)17-8-16(9-18)5-6-16/h3-4,7,18H,5-6,8-9H2,1-2H3,(H,17,19). The number of carbonyl (C=O) groups excluding carboxylic acids is 1. The number of nitrogens with one attached hydrogen (secondary N) is 1. The molecule has 0 radical (unpaired) electrons. The molecular weight excluding hydrogens is 270 g/mol. The molecule has 2 aromatic rings. The van der Waals surface area contributed by atoms with E-state index in [1.54, 1.807) is 19.2 Å². The van der Waals surface area contributed by atoms with Crippen LogP contribution in [0.3, 0.4) is 0 Å². The molecule has 0 spiro atoms. The first-order chi connectivity index (χ1) is 10.1. The molecule has 1 aromatic heterocycles. The molecule has 1 amide bonds. The molecule has 1 heterocycles. The van der Waals surface area contributed by atoms with Crippen molar-refractivity contribution >= 4 is 16.9 Å². The summed E-state index contributed by atoms with van der Waals surface area (Å²) in [5.41, 5.74) is 1.36. The Kier molecular flexibility index (Phi) is 3.37. The van der Waals surface area contributed by atoms with Crippen molar-refractivity contribution in [2.45, 2.75) is 19.8 Å². The number of fused-ring (bicyclic) bond motifs is 1. The van der Waals surface area contributed by atoms with Crippen molar-refractivity contribution in [2.75, 3.05) is 20.3 Å². The van der Waals surface area contributed by atoms with Crippen LogP contribution < -0.4 is 10.1 Å². The molecule has 5 heteroatoms. The molecule has 0 saturated heterocycles. The molecule has 1 aromatic carbocycles. The second-order valence-corrected chi connectivity index (χ2v) is 5.76. The monoisotopic (exact) mass is 289 g/mol. The third kappa shape index (κ3) is 2.49. The molecule has 1 fully saturated rings. The zero-order chi connectivity index (χ0) is 15.0. The molecule has 1 aliphatic carbocycles. The Morgan fingerprint density at radius 2 is 2.24 bits per heavy atom. The van der Waals surface area contributed by atoms with Crippen LogP contribution in [0.25, 0.3) is 11.0 Å². The maximum atomic E-state index is 12.3. The summed E-state index contributed by atoms with van der Waals surface area (Å²) in [6.07, 6.45) is 1.92. The van der Waals surface area contributed by atoms with Crippen LogP contribution in [0.15, 0.2) is 22.6 Å². The highest BCUT2D eigenvalue weighted by Crippen LogP contribution is 2.44. The number of benzene rings is 1. The van der Waals surface area contributed by atoms with Crippen molar-refractivity contribution < 1.29 is 19.1 Å². The number of amides is 1. The fourth-order valence-electron chi connectivity index (χ4n) is 2.46. The predicted octanol–water partition coefficient (Wildman–Crippen LogP) is 2.25. The SMILES string of the molecule is COc1ccc2oc(C(=O)NCC3(CO)CC3)c(C)c2c1. The maximum absolute atomic E-state index is 12.3. The Morgan fingerprint density at radius 3 is 2.86 bits per heavy atom. The van der Waals surface area contributed by atoms with E-state index >= 15 is 0 Å². The van der Waals surface area contributed by atoms with E-state index in [4.69, 9.17) is 9.15 Å². The lowest BCUT2D eigenvalue weighted by atomic mass is 10.1. The average Bonchev–Trinajstić information content (AvgIpc) is 3.23. The number of aliphatic hydroxyl groups excluding tert-OH is 1. The van der Waals surface area contributed by atoms with E-state index < -0.39 is 0 Å².